The highest BCUT2D eigenvalue weighted by Gasteiger charge is 2.39. The molecule has 0 heterocycles. The van der Waals surface area contributed by atoms with Crippen LogP contribution >= 0.6 is 31.9 Å². The van der Waals surface area contributed by atoms with Gasteiger partial charge in [0.1, 0.15) is 11.6 Å². The number of hydrogen-bond donors (Lipinski definition) is 0. The first-order valence-electron chi connectivity index (χ1n) is 7.23. The summed E-state index contributed by atoms with van der Waals surface area (Å²) in [6, 6.07) is 9.96. The minimum atomic E-state index is -0.399. The maximum absolute atomic E-state index is 14.6. The molecule has 0 aliphatic heterocycles. The molecule has 0 bridgehead atoms. The smallest absolute Gasteiger partial charge is 0.131 e. The second kappa shape index (κ2) is 4.87. The molecule has 0 saturated carbocycles. The number of fused-ring (bicyclic) bond motifs is 5. The van der Waals surface area contributed by atoms with Gasteiger partial charge in [0.15, 0.2) is 0 Å². The Morgan fingerprint density at radius 2 is 1.61 bits per heavy atom. The highest BCUT2D eigenvalue weighted by molar-refractivity contribution is 9.11. The Kier molecular flexibility index (Phi) is 3.23. The van der Waals surface area contributed by atoms with Crippen molar-refractivity contribution in [2.24, 2.45) is 0 Å². The summed E-state index contributed by atoms with van der Waals surface area (Å²) in [6.45, 7) is 4.22. The van der Waals surface area contributed by atoms with Gasteiger partial charge in [-0.25, -0.2) is 8.78 Å². The van der Waals surface area contributed by atoms with Gasteiger partial charge in [-0.05, 0) is 46.5 Å². The van der Waals surface area contributed by atoms with Gasteiger partial charge in [-0.1, -0.05) is 57.8 Å². The largest absolute Gasteiger partial charge is 0.206 e. The maximum Gasteiger partial charge on any atom is 0.131 e. The molecule has 116 valence electrons. The Labute approximate surface area is 149 Å². The van der Waals surface area contributed by atoms with Crippen molar-refractivity contribution in [1.29, 1.82) is 0 Å². The quantitative estimate of drug-likeness (QED) is 0.357. The lowest BCUT2D eigenvalue weighted by Gasteiger charge is -2.23. The summed E-state index contributed by atoms with van der Waals surface area (Å²) < 4.78 is 30.6. The first kappa shape index (κ1) is 15.3. The second-order valence-electron chi connectivity index (χ2n) is 6.38. The highest BCUT2D eigenvalue weighted by atomic mass is 79.9. The Bertz CT molecular complexity index is 991. The Balaban J connectivity index is 2.27. The van der Waals surface area contributed by atoms with E-state index in [4.69, 9.17) is 0 Å². The Hall–Kier alpha value is -1.26. The van der Waals surface area contributed by atoms with Gasteiger partial charge < -0.3 is 0 Å². The lowest BCUT2D eigenvalue weighted by atomic mass is 9.82. The summed E-state index contributed by atoms with van der Waals surface area (Å²) >= 11 is 7.14. The molecule has 0 nitrogen and oxygen atoms in total. The molecule has 0 spiro atoms. The molecular formula is C19H12Br2F2. The van der Waals surface area contributed by atoms with E-state index in [1.807, 2.05) is 18.2 Å². The van der Waals surface area contributed by atoms with Gasteiger partial charge in [-0.3, -0.25) is 0 Å². The molecule has 0 atom stereocenters. The lowest BCUT2D eigenvalue weighted by molar-refractivity contribution is 0.617. The van der Waals surface area contributed by atoms with E-state index in [9.17, 15) is 8.78 Å². The van der Waals surface area contributed by atoms with Crippen molar-refractivity contribution < 1.29 is 8.78 Å². The molecule has 4 heteroatoms. The van der Waals surface area contributed by atoms with Crippen LogP contribution in [0, 0.1) is 11.6 Å². The minimum absolute atomic E-state index is 0.281. The van der Waals surface area contributed by atoms with Crippen LogP contribution in [0.2, 0.25) is 0 Å². The number of benzene rings is 3. The van der Waals surface area contributed by atoms with Gasteiger partial charge in [0, 0.05) is 25.1 Å². The standard InChI is InChI=1S/C19H12Br2F2/c1-19(2)12-4-3-10-14(22)5-6-15(23)17(10)16(12)11-7-9(20)8-13(21)18(11)19/h3-8H,1-2H3. The zero-order valence-corrected chi connectivity index (χ0v) is 15.6. The predicted molar refractivity (Wildman–Crippen MR) is 96.8 cm³/mol. The average molecular weight is 438 g/mol. The molecule has 0 radical (unpaired) electrons. The van der Waals surface area contributed by atoms with E-state index in [0.29, 0.717) is 10.8 Å². The number of hydrogen-bond acceptors (Lipinski definition) is 0. The molecule has 1 aliphatic carbocycles. The van der Waals surface area contributed by atoms with Crippen LogP contribution in [0.3, 0.4) is 0 Å². The first-order valence-corrected chi connectivity index (χ1v) is 8.82. The van der Waals surface area contributed by atoms with Gasteiger partial charge in [0.2, 0.25) is 0 Å². The Morgan fingerprint density at radius 1 is 0.913 bits per heavy atom. The molecule has 3 aromatic rings. The van der Waals surface area contributed by atoms with E-state index in [-0.39, 0.29) is 5.41 Å². The van der Waals surface area contributed by atoms with E-state index in [0.717, 1.165) is 31.2 Å². The summed E-state index contributed by atoms with van der Waals surface area (Å²) in [5.41, 5.74) is 3.58. The van der Waals surface area contributed by atoms with Crippen molar-refractivity contribution in [1.82, 2.24) is 0 Å². The van der Waals surface area contributed by atoms with Crippen LogP contribution in [0.4, 0.5) is 8.78 Å². The van der Waals surface area contributed by atoms with Crippen LogP contribution in [-0.2, 0) is 5.41 Å². The van der Waals surface area contributed by atoms with Gasteiger partial charge in [0.05, 0.1) is 0 Å². The minimum Gasteiger partial charge on any atom is -0.206 e. The molecule has 0 unspecified atom stereocenters. The average Bonchev–Trinajstić information content (AvgIpc) is 2.71. The van der Waals surface area contributed by atoms with Gasteiger partial charge >= 0.3 is 0 Å². The molecule has 0 saturated heterocycles. The molecule has 4 rings (SSSR count). The number of rotatable bonds is 0. The molecule has 3 aromatic carbocycles. The van der Waals surface area contributed by atoms with E-state index < -0.39 is 11.6 Å². The third-order valence-corrected chi connectivity index (χ3v) is 5.78. The first-order chi connectivity index (χ1) is 10.8. The lowest BCUT2D eigenvalue weighted by Crippen LogP contribution is -2.15. The highest BCUT2D eigenvalue weighted by Crippen LogP contribution is 2.54. The van der Waals surface area contributed by atoms with Crippen LogP contribution in [0.1, 0.15) is 25.0 Å². The van der Waals surface area contributed by atoms with Crippen molar-refractivity contribution in [3.8, 4) is 11.1 Å². The van der Waals surface area contributed by atoms with Crippen molar-refractivity contribution in [3.05, 3.63) is 68.1 Å². The van der Waals surface area contributed by atoms with Gasteiger partial charge in [-0.15, -0.1) is 0 Å². The zero-order chi connectivity index (χ0) is 16.5. The van der Waals surface area contributed by atoms with Crippen LogP contribution < -0.4 is 0 Å². The van der Waals surface area contributed by atoms with E-state index in [1.54, 1.807) is 6.07 Å². The Morgan fingerprint density at radius 3 is 2.35 bits per heavy atom. The summed E-state index contributed by atoms with van der Waals surface area (Å²) in [5.74, 6) is -0.789. The van der Waals surface area contributed by atoms with E-state index in [2.05, 4.69) is 45.7 Å². The SMILES string of the molecule is CC1(C)c2ccc3c(F)ccc(F)c3c2-c2cc(Br)cc(Br)c21. The van der Waals surface area contributed by atoms with Crippen molar-refractivity contribution >= 4 is 42.6 Å². The molecule has 0 amide bonds. The summed E-state index contributed by atoms with van der Waals surface area (Å²) in [4.78, 5) is 0. The fourth-order valence-corrected chi connectivity index (χ4v) is 5.43. The van der Waals surface area contributed by atoms with Crippen LogP contribution in [0.25, 0.3) is 21.9 Å². The molecule has 23 heavy (non-hydrogen) atoms. The molecule has 0 fully saturated rings. The summed E-state index contributed by atoms with van der Waals surface area (Å²) in [7, 11) is 0. The molecular weight excluding hydrogens is 426 g/mol. The van der Waals surface area contributed by atoms with E-state index >= 15 is 0 Å². The summed E-state index contributed by atoms with van der Waals surface area (Å²) in [6.07, 6.45) is 0. The monoisotopic (exact) mass is 436 g/mol. The molecule has 1 aliphatic rings. The van der Waals surface area contributed by atoms with Crippen LogP contribution in [-0.4, -0.2) is 0 Å². The second-order valence-corrected chi connectivity index (χ2v) is 8.15. The fraction of sp³-hybridized carbons (Fsp3) is 0.158. The van der Waals surface area contributed by atoms with E-state index in [1.165, 1.54) is 12.1 Å². The van der Waals surface area contributed by atoms with Gasteiger partial charge in [-0.2, -0.15) is 0 Å². The third kappa shape index (κ3) is 1.97. The van der Waals surface area contributed by atoms with Crippen LogP contribution in [0.5, 0.6) is 0 Å². The fourth-order valence-electron chi connectivity index (χ4n) is 3.71. The maximum atomic E-state index is 14.6. The topological polar surface area (TPSA) is 0 Å². The number of halogens is 4. The predicted octanol–water partition coefficient (Wildman–Crippen LogP) is 6.95. The third-order valence-electron chi connectivity index (χ3n) is 4.70. The van der Waals surface area contributed by atoms with Crippen molar-refractivity contribution in [2.75, 3.05) is 0 Å². The molecule has 0 aromatic heterocycles. The van der Waals surface area contributed by atoms with Gasteiger partial charge in [0.25, 0.3) is 0 Å². The summed E-state index contributed by atoms with van der Waals surface area (Å²) in [5, 5.41) is 0.683. The van der Waals surface area contributed by atoms with Crippen molar-refractivity contribution in [2.45, 2.75) is 19.3 Å². The van der Waals surface area contributed by atoms with Crippen molar-refractivity contribution in [3.63, 3.8) is 0 Å². The molecule has 0 N–H and O–H groups in total. The van der Waals surface area contributed by atoms with Crippen LogP contribution in [0.15, 0.2) is 45.3 Å². The zero-order valence-electron chi connectivity index (χ0n) is 12.5. The normalized spacial score (nSPS) is 14.9.